The van der Waals surface area contributed by atoms with Crippen LogP contribution >= 0.6 is 0 Å². The summed E-state index contributed by atoms with van der Waals surface area (Å²) in [5, 5.41) is 3.47. The summed E-state index contributed by atoms with van der Waals surface area (Å²) in [4.78, 5) is 3.84. The van der Waals surface area contributed by atoms with E-state index in [9.17, 15) is 4.39 Å². The van der Waals surface area contributed by atoms with Gasteiger partial charge in [-0.05, 0) is 22.5 Å². The maximum Gasteiger partial charge on any atom is 0.141 e. The van der Waals surface area contributed by atoms with Crippen molar-refractivity contribution in [3.8, 4) is 0 Å². The second-order valence-electron chi connectivity index (χ2n) is 5.77. The first-order chi connectivity index (χ1) is 7.35. The highest BCUT2D eigenvalue weighted by molar-refractivity contribution is 5.19. The van der Waals surface area contributed by atoms with Gasteiger partial charge in [-0.2, -0.15) is 0 Å². The first-order valence-electron chi connectivity index (χ1n) is 5.68. The summed E-state index contributed by atoms with van der Waals surface area (Å²) in [5.41, 5.74) is 1.53. The molecule has 2 rings (SSSR count). The zero-order valence-electron chi connectivity index (χ0n) is 10.3. The summed E-state index contributed by atoms with van der Waals surface area (Å²) in [7, 11) is 0. The Balaban J connectivity index is 1.95. The molecule has 1 fully saturated rings. The number of hydrogen-bond acceptors (Lipinski definition) is 2. The van der Waals surface area contributed by atoms with E-state index in [1.54, 1.807) is 6.20 Å². The minimum Gasteiger partial charge on any atom is -0.309 e. The van der Waals surface area contributed by atoms with Gasteiger partial charge in [-0.3, -0.25) is 4.98 Å². The van der Waals surface area contributed by atoms with Gasteiger partial charge in [-0.25, -0.2) is 4.39 Å². The second kappa shape index (κ2) is 3.52. The van der Waals surface area contributed by atoms with Crippen LogP contribution in [0.15, 0.2) is 18.5 Å². The van der Waals surface area contributed by atoms with Crippen molar-refractivity contribution in [1.82, 2.24) is 10.3 Å². The molecule has 1 N–H and O–H groups in total. The van der Waals surface area contributed by atoms with Crippen LogP contribution in [-0.2, 0) is 6.54 Å². The summed E-state index contributed by atoms with van der Waals surface area (Å²) in [6.07, 6.45) is 2.94. The van der Waals surface area contributed by atoms with Crippen LogP contribution in [0.25, 0.3) is 0 Å². The van der Waals surface area contributed by atoms with E-state index in [2.05, 4.69) is 38.0 Å². The Morgan fingerprint density at radius 2 is 1.88 bits per heavy atom. The summed E-state index contributed by atoms with van der Waals surface area (Å²) >= 11 is 0. The van der Waals surface area contributed by atoms with E-state index in [4.69, 9.17) is 0 Å². The average Bonchev–Trinajstić information content (AvgIpc) is 2.55. The standard InChI is InChI=1S/C13H19FN2/c1-12(2)11(13(12,3)4)16-7-9-5-10(14)8-15-6-9/h5-6,8,11,16H,7H2,1-4H3. The first-order valence-corrected chi connectivity index (χ1v) is 5.68. The van der Waals surface area contributed by atoms with Crippen LogP contribution in [0.5, 0.6) is 0 Å². The van der Waals surface area contributed by atoms with Gasteiger partial charge < -0.3 is 5.32 Å². The van der Waals surface area contributed by atoms with Crippen molar-refractivity contribution in [2.75, 3.05) is 0 Å². The molecular weight excluding hydrogens is 203 g/mol. The third-order valence-corrected chi connectivity index (χ3v) is 4.29. The van der Waals surface area contributed by atoms with Crippen molar-refractivity contribution in [3.05, 3.63) is 29.8 Å². The molecule has 1 saturated carbocycles. The highest BCUT2D eigenvalue weighted by Crippen LogP contribution is 2.62. The van der Waals surface area contributed by atoms with Gasteiger partial charge in [-0.15, -0.1) is 0 Å². The first kappa shape index (κ1) is 11.5. The number of halogens is 1. The molecule has 0 unspecified atom stereocenters. The summed E-state index contributed by atoms with van der Waals surface area (Å²) < 4.78 is 12.9. The maximum atomic E-state index is 12.9. The van der Waals surface area contributed by atoms with E-state index in [1.807, 2.05) is 0 Å². The molecular formula is C13H19FN2. The Labute approximate surface area is 96.3 Å². The molecule has 1 heterocycles. The smallest absolute Gasteiger partial charge is 0.141 e. The highest BCUT2D eigenvalue weighted by Gasteiger charge is 2.64. The Hall–Kier alpha value is -0.960. The van der Waals surface area contributed by atoms with Crippen LogP contribution in [0.2, 0.25) is 0 Å². The largest absolute Gasteiger partial charge is 0.309 e. The van der Waals surface area contributed by atoms with Crippen LogP contribution in [0.3, 0.4) is 0 Å². The Kier molecular flexibility index (Phi) is 2.54. The third kappa shape index (κ3) is 1.73. The quantitative estimate of drug-likeness (QED) is 0.850. The lowest BCUT2D eigenvalue weighted by molar-refractivity contribution is 0.457. The van der Waals surface area contributed by atoms with E-state index in [0.29, 0.717) is 23.4 Å². The topological polar surface area (TPSA) is 24.9 Å². The summed E-state index contributed by atoms with van der Waals surface area (Å²) in [5.74, 6) is -0.270. The summed E-state index contributed by atoms with van der Waals surface area (Å²) in [6, 6.07) is 2.02. The predicted molar refractivity (Wildman–Crippen MR) is 62.4 cm³/mol. The van der Waals surface area contributed by atoms with Crippen LogP contribution in [0, 0.1) is 16.6 Å². The van der Waals surface area contributed by atoms with Crippen LogP contribution in [-0.4, -0.2) is 11.0 Å². The van der Waals surface area contributed by atoms with E-state index in [1.165, 1.54) is 12.3 Å². The molecule has 0 spiro atoms. The maximum absolute atomic E-state index is 12.9. The minimum absolute atomic E-state index is 0.270. The van der Waals surface area contributed by atoms with Crippen molar-refractivity contribution >= 4 is 0 Å². The van der Waals surface area contributed by atoms with Crippen molar-refractivity contribution in [3.63, 3.8) is 0 Å². The molecule has 0 radical (unpaired) electrons. The zero-order valence-corrected chi connectivity index (χ0v) is 10.3. The SMILES string of the molecule is CC1(C)C(NCc2cncc(F)c2)C1(C)C. The molecule has 0 atom stereocenters. The molecule has 2 nitrogen and oxygen atoms in total. The van der Waals surface area contributed by atoms with Crippen molar-refractivity contribution in [1.29, 1.82) is 0 Å². The van der Waals surface area contributed by atoms with Gasteiger partial charge >= 0.3 is 0 Å². The van der Waals surface area contributed by atoms with Crippen LogP contribution in [0.4, 0.5) is 4.39 Å². The van der Waals surface area contributed by atoms with E-state index in [-0.39, 0.29) is 5.82 Å². The van der Waals surface area contributed by atoms with Gasteiger partial charge in [0, 0.05) is 18.8 Å². The molecule has 1 aliphatic rings. The van der Waals surface area contributed by atoms with Gasteiger partial charge in [0.2, 0.25) is 0 Å². The second-order valence-corrected chi connectivity index (χ2v) is 5.77. The number of hydrogen-bond donors (Lipinski definition) is 1. The van der Waals surface area contributed by atoms with Crippen LogP contribution in [0.1, 0.15) is 33.3 Å². The van der Waals surface area contributed by atoms with Gasteiger partial charge in [0.15, 0.2) is 0 Å². The van der Waals surface area contributed by atoms with E-state index < -0.39 is 0 Å². The average molecular weight is 222 g/mol. The fraction of sp³-hybridized carbons (Fsp3) is 0.615. The molecule has 0 saturated heterocycles. The normalized spacial score (nSPS) is 22.1. The van der Waals surface area contributed by atoms with Gasteiger partial charge in [-0.1, -0.05) is 27.7 Å². The molecule has 0 bridgehead atoms. The minimum atomic E-state index is -0.270. The number of nitrogens with zero attached hydrogens (tertiary/aromatic N) is 1. The number of pyridine rings is 1. The Morgan fingerprint density at radius 3 is 2.38 bits per heavy atom. The molecule has 3 heteroatoms. The molecule has 1 aliphatic carbocycles. The van der Waals surface area contributed by atoms with Gasteiger partial charge in [0.05, 0.1) is 6.20 Å². The van der Waals surface area contributed by atoms with Crippen molar-refractivity contribution in [2.24, 2.45) is 10.8 Å². The van der Waals surface area contributed by atoms with Gasteiger partial charge in [0.25, 0.3) is 0 Å². The van der Waals surface area contributed by atoms with Crippen molar-refractivity contribution < 1.29 is 4.39 Å². The van der Waals surface area contributed by atoms with Gasteiger partial charge in [0.1, 0.15) is 5.82 Å². The van der Waals surface area contributed by atoms with Crippen LogP contribution < -0.4 is 5.32 Å². The third-order valence-electron chi connectivity index (χ3n) is 4.29. The fourth-order valence-corrected chi connectivity index (χ4v) is 2.48. The lowest BCUT2D eigenvalue weighted by Gasteiger charge is -2.06. The molecule has 16 heavy (non-hydrogen) atoms. The Bertz CT molecular complexity index is 385. The lowest BCUT2D eigenvalue weighted by Crippen LogP contribution is -2.21. The molecule has 0 amide bonds. The highest BCUT2D eigenvalue weighted by atomic mass is 19.1. The number of rotatable bonds is 3. The van der Waals surface area contributed by atoms with E-state index in [0.717, 1.165) is 5.56 Å². The molecule has 0 aromatic carbocycles. The summed E-state index contributed by atoms with van der Waals surface area (Å²) in [6.45, 7) is 9.72. The molecule has 1 aromatic heterocycles. The lowest BCUT2D eigenvalue weighted by atomic mass is 10.0. The molecule has 88 valence electrons. The monoisotopic (exact) mass is 222 g/mol. The molecule has 0 aliphatic heterocycles. The number of aromatic nitrogens is 1. The van der Waals surface area contributed by atoms with Crippen molar-refractivity contribution in [2.45, 2.75) is 40.3 Å². The predicted octanol–water partition coefficient (Wildman–Crippen LogP) is 2.74. The zero-order chi connectivity index (χ0) is 12.0. The fourth-order valence-electron chi connectivity index (χ4n) is 2.48. The number of nitrogens with one attached hydrogen (secondary N) is 1. The Morgan fingerprint density at radius 1 is 1.25 bits per heavy atom. The van der Waals surface area contributed by atoms with E-state index >= 15 is 0 Å². The molecule has 1 aromatic rings.